The van der Waals surface area contributed by atoms with Crippen LogP contribution in [0.3, 0.4) is 0 Å². The Morgan fingerprint density at radius 1 is 1.19 bits per heavy atom. The van der Waals surface area contributed by atoms with Crippen LogP contribution in [0.2, 0.25) is 0 Å². The summed E-state index contributed by atoms with van der Waals surface area (Å²) in [7, 11) is 1.64. The number of imidazole rings is 1. The van der Waals surface area contributed by atoms with E-state index in [1.807, 2.05) is 64.2 Å². The first-order valence-electron chi connectivity index (χ1n) is 10.8. The second-order valence-electron chi connectivity index (χ2n) is 8.04. The van der Waals surface area contributed by atoms with Crippen LogP contribution in [-0.4, -0.2) is 60.0 Å². The second kappa shape index (κ2) is 8.72. The lowest BCUT2D eigenvalue weighted by Gasteiger charge is -2.34. The van der Waals surface area contributed by atoms with Crippen molar-refractivity contribution in [2.45, 2.75) is 18.6 Å². The van der Waals surface area contributed by atoms with Crippen molar-refractivity contribution in [2.75, 3.05) is 38.3 Å². The summed E-state index contributed by atoms with van der Waals surface area (Å²) in [5.41, 5.74) is 10.1. The van der Waals surface area contributed by atoms with Gasteiger partial charge in [-0.05, 0) is 24.6 Å². The van der Waals surface area contributed by atoms with E-state index in [0.717, 1.165) is 39.4 Å². The Bertz CT molecular complexity index is 1240. The fourth-order valence-electron chi connectivity index (χ4n) is 4.16. The van der Waals surface area contributed by atoms with Gasteiger partial charge in [0.05, 0.1) is 41.9 Å². The van der Waals surface area contributed by atoms with Crippen LogP contribution in [0, 0.1) is 0 Å². The zero-order valence-electron chi connectivity index (χ0n) is 17.9. The molecule has 3 aromatic heterocycles. The summed E-state index contributed by atoms with van der Waals surface area (Å²) in [6.07, 6.45) is 3.32. The first-order valence-corrected chi connectivity index (χ1v) is 10.8. The average molecular weight is 436 g/mol. The smallest absolute Gasteiger partial charge is 0.140 e. The summed E-state index contributed by atoms with van der Waals surface area (Å²) in [5, 5.41) is 1.01. The van der Waals surface area contributed by atoms with Crippen LogP contribution in [-0.2, 0) is 4.74 Å². The molecule has 1 aromatic carbocycles. The lowest BCUT2D eigenvalue weighted by molar-refractivity contribution is 0.146. The van der Waals surface area contributed by atoms with Gasteiger partial charge >= 0.3 is 0 Å². The van der Waals surface area contributed by atoms with Gasteiger partial charge in [0, 0.05) is 37.3 Å². The fraction of sp³-hybridized carbons (Fsp3) is 0.333. The van der Waals surface area contributed by atoms with E-state index in [0.29, 0.717) is 26.2 Å². The summed E-state index contributed by atoms with van der Waals surface area (Å²) in [5.74, 6) is 0.740. The van der Waals surface area contributed by atoms with E-state index in [9.17, 15) is 4.39 Å². The molecule has 4 aromatic rings. The SMILES string of the molecule is COCCOc1ccn2c(-c3ccc4cccc(N5CC[C@@H](N)[C@H](F)C5)c4n3)cnc2c1. The number of para-hydroxylation sites is 1. The van der Waals surface area contributed by atoms with Gasteiger partial charge in [0.2, 0.25) is 0 Å². The fourth-order valence-corrected chi connectivity index (χ4v) is 4.16. The van der Waals surface area contributed by atoms with Crippen molar-refractivity contribution < 1.29 is 13.9 Å². The molecule has 0 amide bonds. The normalized spacial score (nSPS) is 19.0. The van der Waals surface area contributed by atoms with Gasteiger partial charge < -0.3 is 20.1 Å². The third-order valence-electron chi connectivity index (χ3n) is 5.93. The van der Waals surface area contributed by atoms with Gasteiger partial charge in [-0.1, -0.05) is 18.2 Å². The average Bonchev–Trinajstić information content (AvgIpc) is 3.24. The zero-order valence-corrected chi connectivity index (χ0v) is 17.9. The largest absolute Gasteiger partial charge is 0.491 e. The zero-order chi connectivity index (χ0) is 22.1. The number of pyridine rings is 2. The Hall–Kier alpha value is -3.23. The summed E-state index contributed by atoms with van der Waals surface area (Å²) in [6.45, 7) is 2.01. The molecular weight excluding hydrogens is 409 g/mol. The number of benzene rings is 1. The summed E-state index contributed by atoms with van der Waals surface area (Å²) >= 11 is 0. The number of fused-ring (bicyclic) bond motifs is 2. The van der Waals surface area contributed by atoms with E-state index in [4.69, 9.17) is 20.2 Å². The van der Waals surface area contributed by atoms with Crippen LogP contribution in [0.5, 0.6) is 5.75 Å². The molecule has 166 valence electrons. The molecule has 0 aliphatic carbocycles. The van der Waals surface area contributed by atoms with E-state index in [2.05, 4.69) is 4.98 Å². The van der Waals surface area contributed by atoms with Crippen molar-refractivity contribution in [3.05, 3.63) is 54.9 Å². The number of aromatic nitrogens is 3. The highest BCUT2D eigenvalue weighted by molar-refractivity contribution is 5.92. The number of methoxy groups -OCH3 is 1. The third-order valence-corrected chi connectivity index (χ3v) is 5.93. The van der Waals surface area contributed by atoms with Crippen LogP contribution in [0.4, 0.5) is 10.1 Å². The number of rotatable bonds is 6. The summed E-state index contributed by atoms with van der Waals surface area (Å²) in [4.78, 5) is 11.5. The standard InChI is InChI=1S/C24H26FN5O2/c1-31-11-12-32-17-7-10-30-22(14-27-23(30)13-17)20-6-5-16-3-2-4-21(24(16)28-20)29-9-8-19(26)18(25)15-29/h2-7,10,13-14,18-19H,8-9,11-12,15,26H2,1H3/t18-,19-/m1/s1. The summed E-state index contributed by atoms with van der Waals surface area (Å²) < 4.78 is 27.0. The number of nitrogens with two attached hydrogens (primary N) is 1. The molecule has 7 nitrogen and oxygen atoms in total. The first kappa shape index (κ1) is 20.7. The van der Waals surface area contributed by atoms with Crippen molar-refractivity contribution >= 4 is 22.2 Å². The highest BCUT2D eigenvalue weighted by Crippen LogP contribution is 2.31. The van der Waals surface area contributed by atoms with Crippen LogP contribution < -0.4 is 15.4 Å². The monoisotopic (exact) mass is 435 g/mol. The molecule has 0 bridgehead atoms. The molecular formula is C24H26FN5O2. The predicted octanol–water partition coefficient (Wildman–Crippen LogP) is 3.45. The molecule has 4 heterocycles. The quantitative estimate of drug-likeness (QED) is 0.468. The van der Waals surface area contributed by atoms with E-state index in [1.54, 1.807) is 7.11 Å². The number of alkyl halides is 1. The van der Waals surface area contributed by atoms with Crippen molar-refractivity contribution in [3.63, 3.8) is 0 Å². The minimum Gasteiger partial charge on any atom is -0.491 e. The van der Waals surface area contributed by atoms with Crippen LogP contribution in [0.15, 0.2) is 54.9 Å². The second-order valence-corrected chi connectivity index (χ2v) is 8.04. The Morgan fingerprint density at radius 2 is 2.09 bits per heavy atom. The molecule has 2 N–H and O–H groups in total. The maximum Gasteiger partial charge on any atom is 0.140 e. The third kappa shape index (κ3) is 3.87. The molecule has 0 spiro atoms. The van der Waals surface area contributed by atoms with E-state index in [1.165, 1.54) is 0 Å². The number of piperidine rings is 1. The molecule has 0 unspecified atom stereocenters. The molecule has 8 heteroatoms. The number of halogens is 1. The van der Waals surface area contributed by atoms with Gasteiger partial charge in [-0.3, -0.25) is 4.40 Å². The van der Waals surface area contributed by atoms with Crippen molar-refractivity contribution in [1.29, 1.82) is 0 Å². The van der Waals surface area contributed by atoms with Crippen LogP contribution >= 0.6 is 0 Å². The van der Waals surface area contributed by atoms with Crippen molar-refractivity contribution in [1.82, 2.24) is 14.4 Å². The highest BCUT2D eigenvalue weighted by Gasteiger charge is 2.27. The molecule has 1 aliphatic heterocycles. The molecule has 0 saturated carbocycles. The number of anilines is 1. The van der Waals surface area contributed by atoms with Crippen molar-refractivity contribution in [2.24, 2.45) is 5.73 Å². The summed E-state index contributed by atoms with van der Waals surface area (Å²) in [6, 6.07) is 13.4. The Labute approximate surface area is 185 Å². The molecule has 1 aliphatic rings. The maximum atomic E-state index is 14.3. The van der Waals surface area contributed by atoms with Gasteiger partial charge in [-0.25, -0.2) is 14.4 Å². The van der Waals surface area contributed by atoms with Crippen LogP contribution in [0.25, 0.3) is 27.9 Å². The van der Waals surface area contributed by atoms with Gasteiger partial charge in [0.25, 0.3) is 0 Å². The van der Waals surface area contributed by atoms with Gasteiger partial charge in [0.1, 0.15) is 24.2 Å². The topological polar surface area (TPSA) is 77.9 Å². The molecule has 32 heavy (non-hydrogen) atoms. The minimum atomic E-state index is -1.04. The first-order chi connectivity index (χ1) is 15.6. The highest BCUT2D eigenvalue weighted by atomic mass is 19.1. The Kier molecular flexibility index (Phi) is 5.63. The molecule has 2 atom stereocenters. The van der Waals surface area contributed by atoms with E-state index < -0.39 is 12.2 Å². The van der Waals surface area contributed by atoms with Gasteiger partial charge in [-0.2, -0.15) is 0 Å². The lowest BCUT2D eigenvalue weighted by Crippen LogP contribution is -2.48. The van der Waals surface area contributed by atoms with E-state index >= 15 is 0 Å². The van der Waals surface area contributed by atoms with Gasteiger partial charge in [-0.15, -0.1) is 0 Å². The minimum absolute atomic E-state index is 0.285. The van der Waals surface area contributed by atoms with Crippen LogP contribution in [0.1, 0.15) is 6.42 Å². The molecule has 0 radical (unpaired) electrons. The molecule has 1 saturated heterocycles. The lowest BCUT2D eigenvalue weighted by atomic mass is 10.0. The molecule has 1 fully saturated rings. The Balaban J connectivity index is 1.50. The maximum absolute atomic E-state index is 14.3. The molecule has 5 rings (SSSR count). The van der Waals surface area contributed by atoms with E-state index in [-0.39, 0.29) is 6.54 Å². The van der Waals surface area contributed by atoms with Gasteiger partial charge in [0.15, 0.2) is 0 Å². The Morgan fingerprint density at radius 3 is 2.94 bits per heavy atom. The number of hydrogen-bond donors (Lipinski definition) is 1. The number of ether oxygens (including phenoxy) is 2. The number of nitrogens with zero attached hydrogens (tertiary/aromatic N) is 4. The predicted molar refractivity (Wildman–Crippen MR) is 123 cm³/mol. The van der Waals surface area contributed by atoms with Crippen molar-refractivity contribution in [3.8, 4) is 17.1 Å². The number of hydrogen-bond acceptors (Lipinski definition) is 6.